The lowest BCUT2D eigenvalue weighted by molar-refractivity contribution is 0.608. The number of thiazole rings is 1. The van der Waals surface area contributed by atoms with E-state index >= 15 is 0 Å². The lowest BCUT2D eigenvalue weighted by Gasteiger charge is -2.10. The van der Waals surface area contributed by atoms with E-state index in [2.05, 4.69) is 35.7 Å². The minimum absolute atomic E-state index is 0.182. The van der Waals surface area contributed by atoms with Crippen LogP contribution >= 0.6 is 11.3 Å². The summed E-state index contributed by atoms with van der Waals surface area (Å²) in [5, 5.41) is 3.19. The van der Waals surface area contributed by atoms with Crippen LogP contribution in [-0.4, -0.2) is 11.0 Å². The van der Waals surface area contributed by atoms with Crippen LogP contribution < -0.4 is 11.3 Å². The van der Waals surface area contributed by atoms with E-state index in [9.17, 15) is 0 Å². The molecule has 0 bridgehead atoms. The number of allylic oxidation sites excluding steroid dienone is 1. The topological polar surface area (TPSA) is 50.9 Å². The number of nitrogens with two attached hydrogens (primary N) is 1. The molecule has 3 N–H and O–H groups in total. The predicted octanol–water partition coefficient (Wildman–Crippen LogP) is 1.79. The van der Waals surface area contributed by atoms with Crippen molar-refractivity contribution in [1.29, 1.82) is 0 Å². The van der Waals surface area contributed by atoms with Crippen molar-refractivity contribution in [3.8, 4) is 0 Å². The predicted molar refractivity (Wildman–Crippen MR) is 61.1 cm³/mol. The summed E-state index contributed by atoms with van der Waals surface area (Å²) in [6, 6.07) is 0.182. The fourth-order valence-corrected chi connectivity index (χ4v) is 1.92. The van der Waals surface area contributed by atoms with Gasteiger partial charge in [-0.2, -0.15) is 0 Å². The molecule has 0 fully saturated rings. The van der Waals surface area contributed by atoms with Gasteiger partial charge in [-0.15, -0.1) is 11.3 Å². The summed E-state index contributed by atoms with van der Waals surface area (Å²) in [5.41, 5.74) is 5.15. The van der Waals surface area contributed by atoms with Gasteiger partial charge in [0.2, 0.25) is 0 Å². The van der Waals surface area contributed by atoms with E-state index in [-0.39, 0.29) is 6.04 Å². The highest BCUT2D eigenvalue weighted by atomic mass is 32.1. The number of hydrogen-bond acceptors (Lipinski definition) is 4. The van der Waals surface area contributed by atoms with Crippen molar-refractivity contribution in [3.05, 3.63) is 27.7 Å². The molecule has 0 aliphatic carbocycles. The number of hydrazine groups is 1. The Bertz CT molecular complexity index is 313. The summed E-state index contributed by atoms with van der Waals surface area (Å²) in [6.07, 6.45) is 2.97. The molecule has 78 valence electrons. The molecule has 1 rings (SSSR count). The van der Waals surface area contributed by atoms with Gasteiger partial charge in [0.25, 0.3) is 0 Å². The minimum Gasteiger partial charge on any atom is -0.271 e. The highest BCUT2D eigenvalue weighted by Gasteiger charge is 2.06. The van der Waals surface area contributed by atoms with Crippen LogP contribution in [0.15, 0.2) is 17.0 Å². The van der Waals surface area contributed by atoms with E-state index in [0.29, 0.717) is 0 Å². The molecular weight excluding hydrogens is 194 g/mol. The zero-order valence-electron chi connectivity index (χ0n) is 8.87. The van der Waals surface area contributed by atoms with Crippen LogP contribution in [0.1, 0.15) is 24.5 Å². The van der Waals surface area contributed by atoms with Gasteiger partial charge in [0.05, 0.1) is 10.7 Å². The molecule has 0 amide bonds. The summed E-state index contributed by atoms with van der Waals surface area (Å²) in [5.74, 6) is 5.46. The van der Waals surface area contributed by atoms with Gasteiger partial charge in [-0.25, -0.2) is 4.98 Å². The summed E-state index contributed by atoms with van der Waals surface area (Å²) < 4.78 is 0. The molecule has 14 heavy (non-hydrogen) atoms. The van der Waals surface area contributed by atoms with Gasteiger partial charge < -0.3 is 0 Å². The molecule has 3 nitrogen and oxygen atoms in total. The molecule has 1 heterocycles. The van der Waals surface area contributed by atoms with Crippen molar-refractivity contribution in [1.82, 2.24) is 10.4 Å². The van der Waals surface area contributed by atoms with Crippen LogP contribution in [-0.2, 0) is 6.42 Å². The normalized spacial score (nSPS) is 12.6. The Kier molecular flexibility index (Phi) is 4.25. The Morgan fingerprint density at radius 1 is 1.71 bits per heavy atom. The van der Waals surface area contributed by atoms with Crippen molar-refractivity contribution in [2.45, 2.75) is 33.2 Å². The number of aryl methyl sites for hydroxylation is 1. The first kappa shape index (κ1) is 11.4. The van der Waals surface area contributed by atoms with Gasteiger partial charge in [0.1, 0.15) is 0 Å². The second-order valence-corrected chi connectivity index (χ2v) is 4.64. The largest absolute Gasteiger partial charge is 0.271 e. The van der Waals surface area contributed by atoms with Crippen LogP contribution in [0, 0.1) is 6.92 Å². The van der Waals surface area contributed by atoms with Crippen molar-refractivity contribution in [3.63, 3.8) is 0 Å². The number of nitrogens with one attached hydrogen (secondary N) is 1. The number of rotatable bonds is 4. The highest BCUT2D eigenvalue weighted by Crippen LogP contribution is 2.10. The van der Waals surface area contributed by atoms with Crippen LogP contribution in [0.2, 0.25) is 0 Å². The monoisotopic (exact) mass is 211 g/mol. The van der Waals surface area contributed by atoms with Gasteiger partial charge in [-0.05, 0) is 20.8 Å². The second kappa shape index (κ2) is 5.24. The zero-order valence-corrected chi connectivity index (χ0v) is 9.69. The smallest absolute Gasteiger partial charge is 0.0897 e. The summed E-state index contributed by atoms with van der Waals surface area (Å²) in [4.78, 5) is 4.40. The minimum atomic E-state index is 0.182. The fourth-order valence-electron chi connectivity index (χ4n) is 1.30. The van der Waals surface area contributed by atoms with Crippen molar-refractivity contribution < 1.29 is 0 Å². The van der Waals surface area contributed by atoms with E-state index in [1.165, 1.54) is 5.57 Å². The van der Waals surface area contributed by atoms with Gasteiger partial charge in [-0.3, -0.25) is 11.3 Å². The van der Waals surface area contributed by atoms with E-state index in [1.807, 2.05) is 6.92 Å². The van der Waals surface area contributed by atoms with Crippen LogP contribution in [0.4, 0.5) is 0 Å². The van der Waals surface area contributed by atoms with Gasteiger partial charge in [0.15, 0.2) is 0 Å². The standard InChI is InChI=1S/C10H17N3S/c1-7(2)4-9(13-11)5-10-6-14-8(3)12-10/h4,6,9,13H,5,11H2,1-3H3. The maximum Gasteiger partial charge on any atom is 0.0897 e. The van der Waals surface area contributed by atoms with Crippen molar-refractivity contribution in [2.75, 3.05) is 0 Å². The molecule has 1 aromatic heterocycles. The average Bonchev–Trinajstić information content (AvgIpc) is 2.49. The molecule has 0 saturated carbocycles. The number of nitrogens with zero attached hydrogens (tertiary/aromatic N) is 1. The molecule has 0 spiro atoms. The molecule has 0 aromatic carbocycles. The molecule has 1 unspecified atom stereocenters. The quantitative estimate of drug-likeness (QED) is 0.453. The maximum absolute atomic E-state index is 5.46. The van der Waals surface area contributed by atoms with E-state index in [4.69, 9.17) is 5.84 Å². The summed E-state index contributed by atoms with van der Waals surface area (Å²) in [6.45, 7) is 6.15. The third-order valence-electron chi connectivity index (χ3n) is 1.84. The molecule has 0 aliphatic heterocycles. The molecule has 0 aliphatic rings. The second-order valence-electron chi connectivity index (χ2n) is 3.58. The fraction of sp³-hybridized carbons (Fsp3) is 0.500. The zero-order chi connectivity index (χ0) is 10.6. The van der Waals surface area contributed by atoms with Crippen molar-refractivity contribution >= 4 is 11.3 Å². The Labute approximate surface area is 89.0 Å². The summed E-state index contributed by atoms with van der Waals surface area (Å²) >= 11 is 1.68. The molecule has 1 atom stereocenters. The van der Waals surface area contributed by atoms with Gasteiger partial charge in [0, 0.05) is 17.8 Å². The SMILES string of the molecule is CC(C)=CC(Cc1csc(C)n1)NN. The van der Waals surface area contributed by atoms with Crippen molar-refractivity contribution in [2.24, 2.45) is 5.84 Å². The van der Waals surface area contributed by atoms with E-state index in [1.54, 1.807) is 11.3 Å². The summed E-state index contributed by atoms with van der Waals surface area (Å²) in [7, 11) is 0. The molecule has 4 heteroatoms. The molecular formula is C10H17N3S. The Hall–Kier alpha value is -0.710. The van der Waals surface area contributed by atoms with Crippen LogP contribution in [0.5, 0.6) is 0 Å². The first-order chi connectivity index (χ1) is 6.61. The van der Waals surface area contributed by atoms with E-state index in [0.717, 1.165) is 17.1 Å². The average molecular weight is 211 g/mol. The van der Waals surface area contributed by atoms with Gasteiger partial charge in [-0.1, -0.05) is 11.6 Å². The highest BCUT2D eigenvalue weighted by molar-refractivity contribution is 7.09. The first-order valence-electron chi connectivity index (χ1n) is 4.64. The molecule has 0 radical (unpaired) electrons. The number of hydrogen-bond donors (Lipinski definition) is 2. The lowest BCUT2D eigenvalue weighted by atomic mass is 10.1. The first-order valence-corrected chi connectivity index (χ1v) is 5.52. The van der Waals surface area contributed by atoms with Crippen LogP contribution in [0.25, 0.3) is 0 Å². The third-order valence-corrected chi connectivity index (χ3v) is 2.67. The van der Waals surface area contributed by atoms with E-state index < -0.39 is 0 Å². The Morgan fingerprint density at radius 2 is 2.43 bits per heavy atom. The van der Waals surface area contributed by atoms with Crippen LogP contribution in [0.3, 0.4) is 0 Å². The third kappa shape index (κ3) is 3.57. The lowest BCUT2D eigenvalue weighted by Crippen LogP contribution is -2.35. The molecule has 1 aromatic rings. The molecule has 0 saturated heterocycles. The Morgan fingerprint density at radius 3 is 2.86 bits per heavy atom. The van der Waals surface area contributed by atoms with Gasteiger partial charge >= 0.3 is 0 Å². The number of aromatic nitrogens is 1. The Balaban J connectivity index is 2.61. The maximum atomic E-state index is 5.46.